The average Bonchev–Trinajstić information content (AvgIpc) is 2.60. The molecule has 130 valence electrons. The van der Waals surface area contributed by atoms with E-state index in [1.165, 1.54) is 16.7 Å². The predicted octanol–water partition coefficient (Wildman–Crippen LogP) is 1.54. The molecule has 1 fully saturated rings. The summed E-state index contributed by atoms with van der Waals surface area (Å²) in [5.41, 5.74) is 1.49. The smallest absolute Gasteiger partial charge is 0.352 e. The lowest BCUT2D eigenvalue weighted by Gasteiger charge is -2.49. The van der Waals surface area contributed by atoms with Crippen molar-refractivity contribution in [3.8, 4) is 0 Å². The lowest BCUT2D eigenvalue weighted by molar-refractivity contribution is -0.150. The van der Waals surface area contributed by atoms with Gasteiger partial charge in [0, 0.05) is 5.75 Å². The number of carbonyl (C=O) groups excluding carboxylic acids is 2. The Labute approximate surface area is 149 Å². The molecule has 0 aliphatic carbocycles. The second-order valence-electron chi connectivity index (χ2n) is 5.80. The summed E-state index contributed by atoms with van der Waals surface area (Å²) in [6.45, 7) is 1.80. The molecule has 25 heavy (non-hydrogen) atoms. The number of rotatable bonds is 5. The Morgan fingerprint density at radius 3 is 2.72 bits per heavy atom. The quantitative estimate of drug-likeness (QED) is 0.780. The molecule has 0 saturated carbocycles. The molecule has 2 aliphatic rings. The Kier molecular flexibility index (Phi) is 4.94. The number of carboxylic acids is 1. The number of amides is 2. The first-order chi connectivity index (χ1) is 12.0. The summed E-state index contributed by atoms with van der Waals surface area (Å²) in [5, 5.41) is 11.8. The van der Waals surface area contributed by atoms with Crippen molar-refractivity contribution in [2.24, 2.45) is 0 Å². The van der Waals surface area contributed by atoms with Gasteiger partial charge in [0.15, 0.2) is 0 Å². The third kappa shape index (κ3) is 3.32. The summed E-state index contributed by atoms with van der Waals surface area (Å²) in [5.74, 6) is -1.26. The SMILES string of the molecule is C/C=C\C1=C(C(=O)O)N2C(=O)[C@@H](NC(=O)Cc3ccccc3)[C@H]2SC1. The van der Waals surface area contributed by atoms with Gasteiger partial charge in [-0.3, -0.25) is 14.5 Å². The summed E-state index contributed by atoms with van der Waals surface area (Å²) < 4.78 is 0. The molecule has 3 rings (SSSR count). The maximum atomic E-state index is 12.4. The van der Waals surface area contributed by atoms with Crippen LogP contribution in [0, 0.1) is 0 Å². The number of nitrogens with one attached hydrogen (secondary N) is 1. The lowest BCUT2D eigenvalue weighted by atomic mass is 10.0. The van der Waals surface area contributed by atoms with Crippen LogP contribution in [-0.2, 0) is 20.8 Å². The lowest BCUT2D eigenvalue weighted by Crippen LogP contribution is -2.70. The second kappa shape index (κ2) is 7.14. The van der Waals surface area contributed by atoms with Gasteiger partial charge >= 0.3 is 5.97 Å². The van der Waals surface area contributed by atoms with Gasteiger partial charge in [0.05, 0.1) is 6.42 Å². The summed E-state index contributed by atoms with van der Waals surface area (Å²) >= 11 is 1.46. The monoisotopic (exact) mass is 358 g/mol. The number of allylic oxidation sites excluding steroid dienone is 2. The molecule has 2 aliphatic heterocycles. The largest absolute Gasteiger partial charge is 0.477 e. The van der Waals surface area contributed by atoms with Crippen molar-refractivity contribution in [2.75, 3.05) is 5.75 Å². The Morgan fingerprint density at radius 2 is 2.08 bits per heavy atom. The van der Waals surface area contributed by atoms with E-state index >= 15 is 0 Å². The fourth-order valence-corrected chi connectivity index (χ4v) is 4.30. The third-order valence-electron chi connectivity index (χ3n) is 4.09. The van der Waals surface area contributed by atoms with E-state index in [0.29, 0.717) is 11.3 Å². The highest BCUT2D eigenvalue weighted by Gasteiger charge is 2.53. The number of fused-ring (bicyclic) bond motifs is 1. The van der Waals surface area contributed by atoms with Crippen molar-refractivity contribution in [2.45, 2.75) is 24.8 Å². The van der Waals surface area contributed by atoms with E-state index in [1.807, 2.05) is 30.3 Å². The van der Waals surface area contributed by atoms with Crippen LogP contribution in [0.1, 0.15) is 12.5 Å². The highest BCUT2D eigenvalue weighted by atomic mass is 32.2. The number of carbonyl (C=O) groups is 3. The number of hydrogen-bond acceptors (Lipinski definition) is 4. The maximum absolute atomic E-state index is 12.4. The van der Waals surface area contributed by atoms with Gasteiger partial charge in [-0.2, -0.15) is 0 Å². The molecule has 6 nitrogen and oxygen atoms in total. The highest BCUT2D eigenvalue weighted by molar-refractivity contribution is 8.00. The van der Waals surface area contributed by atoms with Crippen LogP contribution in [0.25, 0.3) is 0 Å². The molecule has 0 spiro atoms. The van der Waals surface area contributed by atoms with Crippen molar-refractivity contribution >= 4 is 29.5 Å². The van der Waals surface area contributed by atoms with Gasteiger partial charge in [-0.05, 0) is 18.1 Å². The van der Waals surface area contributed by atoms with Crippen LogP contribution >= 0.6 is 11.8 Å². The zero-order valence-electron chi connectivity index (χ0n) is 13.6. The third-order valence-corrected chi connectivity index (χ3v) is 5.39. The first-order valence-corrected chi connectivity index (χ1v) is 8.95. The predicted molar refractivity (Wildman–Crippen MR) is 94.6 cm³/mol. The van der Waals surface area contributed by atoms with Crippen LogP contribution < -0.4 is 5.32 Å². The number of benzene rings is 1. The minimum absolute atomic E-state index is 0.0143. The Morgan fingerprint density at radius 1 is 1.36 bits per heavy atom. The minimum atomic E-state index is -1.12. The molecule has 2 atom stereocenters. The average molecular weight is 358 g/mol. The fraction of sp³-hybridized carbons (Fsp3) is 0.278. The van der Waals surface area contributed by atoms with Crippen molar-refractivity contribution in [1.29, 1.82) is 0 Å². The molecule has 1 aromatic carbocycles. The first-order valence-electron chi connectivity index (χ1n) is 7.90. The van der Waals surface area contributed by atoms with Crippen LogP contribution in [-0.4, -0.2) is 45.0 Å². The summed E-state index contributed by atoms with van der Waals surface area (Å²) in [6, 6.07) is 8.58. The van der Waals surface area contributed by atoms with E-state index in [9.17, 15) is 19.5 Å². The molecule has 1 saturated heterocycles. The number of β-lactam (4-membered cyclic amide) rings is 1. The number of nitrogens with zero attached hydrogens (tertiary/aromatic N) is 1. The molecule has 0 unspecified atom stereocenters. The Balaban J connectivity index is 1.71. The fourth-order valence-electron chi connectivity index (χ4n) is 2.98. The highest BCUT2D eigenvalue weighted by Crippen LogP contribution is 2.40. The molecule has 2 N–H and O–H groups in total. The van der Waals surface area contributed by atoms with E-state index in [2.05, 4.69) is 5.32 Å². The molecule has 0 radical (unpaired) electrons. The molecule has 2 heterocycles. The van der Waals surface area contributed by atoms with E-state index in [1.54, 1.807) is 19.1 Å². The number of thioether (sulfide) groups is 1. The first kappa shape index (κ1) is 17.3. The van der Waals surface area contributed by atoms with Crippen LogP contribution in [0.3, 0.4) is 0 Å². The zero-order chi connectivity index (χ0) is 18.0. The van der Waals surface area contributed by atoms with Gasteiger partial charge in [0.1, 0.15) is 17.1 Å². The van der Waals surface area contributed by atoms with Gasteiger partial charge in [-0.1, -0.05) is 42.5 Å². The van der Waals surface area contributed by atoms with Gasteiger partial charge < -0.3 is 10.4 Å². The van der Waals surface area contributed by atoms with Crippen molar-refractivity contribution in [3.63, 3.8) is 0 Å². The van der Waals surface area contributed by atoms with E-state index in [4.69, 9.17) is 0 Å². The normalized spacial score (nSPS) is 22.6. The van der Waals surface area contributed by atoms with Crippen LogP contribution in [0.2, 0.25) is 0 Å². The number of aliphatic carboxylic acids is 1. The Bertz CT molecular complexity index is 773. The van der Waals surface area contributed by atoms with Gasteiger partial charge in [-0.25, -0.2) is 4.79 Å². The minimum Gasteiger partial charge on any atom is -0.477 e. The molecule has 2 amide bonds. The molecule has 0 aromatic heterocycles. The summed E-state index contributed by atoms with van der Waals surface area (Å²) in [7, 11) is 0. The zero-order valence-corrected chi connectivity index (χ0v) is 14.5. The van der Waals surface area contributed by atoms with Crippen molar-refractivity contribution in [3.05, 3.63) is 59.3 Å². The van der Waals surface area contributed by atoms with Crippen molar-refractivity contribution < 1.29 is 19.5 Å². The number of carboxylic acid groups (broad SMARTS) is 1. The van der Waals surface area contributed by atoms with Crippen molar-refractivity contribution in [1.82, 2.24) is 10.2 Å². The number of hydrogen-bond donors (Lipinski definition) is 2. The summed E-state index contributed by atoms with van der Waals surface area (Å²) in [6.07, 6.45) is 3.65. The maximum Gasteiger partial charge on any atom is 0.352 e. The standard InChI is InChI=1S/C18H18N2O4S/c1-2-6-12-10-25-17-14(16(22)20(17)15(12)18(23)24)19-13(21)9-11-7-4-3-5-8-11/h2-8,14,17H,9-10H2,1H3,(H,19,21)(H,23,24)/b6-2-/t14-,17-/m1/s1. The molecule has 0 bridgehead atoms. The Hall–Kier alpha value is -2.54. The molecular formula is C18H18N2O4S. The topological polar surface area (TPSA) is 86.7 Å². The van der Waals surface area contributed by atoms with Crippen LogP contribution in [0.5, 0.6) is 0 Å². The van der Waals surface area contributed by atoms with E-state index < -0.39 is 12.0 Å². The van der Waals surface area contributed by atoms with Gasteiger partial charge in [0.2, 0.25) is 5.91 Å². The van der Waals surface area contributed by atoms with E-state index in [0.717, 1.165) is 5.56 Å². The molecule has 1 aromatic rings. The van der Waals surface area contributed by atoms with Gasteiger partial charge in [0.25, 0.3) is 5.91 Å². The van der Waals surface area contributed by atoms with E-state index in [-0.39, 0.29) is 29.3 Å². The second-order valence-corrected chi connectivity index (χ2v) is 6.90. The van der Waals surface area contributed by atoms with Gasteiger partial charge in [-0.15, -0.1) is 11.8 Å². The summed E-state index contributed by atoms with van der Waals surface area (Å²) in [4.78, 5) is 37.5. The molecular weight excluding hydrogens is 340 g/mol. The van der Waals surface area contributed by atoms with Crippen LogP contribution in [0.15, 0.2) is 53.8 Å². The molecule has 7 heteroatoms. The van der Waals surface area contributed by atoms with Crippen LogP contribution in [0.4, 0.5) is 0 Å².